The summed E-state index contributed by atoms with van der Waals surface area (Å²) in [6.07, 6.45) is 3.27. The Morgan fingerprint density at radius 2 is 1.96 bits per heavy atom. The van der Waals surface area contributed by atoms with Gasteiger partial charge < -0.3 is 15.4 Å². The second kappa shape index (κ2) is 8.32. The number of rotatable bonds is 5. The lowest BCUT2D eigenvalue weighted by Crippen LogP contribution is -2.28. The number of aryl methyl sites for hydroxylation is 1. The number of pyridine rings is 1. The Bertz CT molecular complexity index is 750. The Labute approximate surface area is 155 Å². The Morgan fingerprint density at radius 1 is 1.19 bits per heavy atom. The van der Waals surface area contributed by atoms with Crippen LogP contribution in [-0.2, 0) is 9.53 Å². The van der Waals surface area contributed by atoms with E-state index in [2.05, 4.69) is 54.6 Å². The number of hydrogen-bond donors (Lipinski definition) is 2. The van der Waals surface area contributed by atoms with Crippen LogP contribution >= 0.6 is 0 Å². The zero-order chi connectivity index (χ0) is 18.5. The van der Waals surface area contributed by atoms with Crippen LogP contribution in [0.3, 0.4) is 0 Å². The molecule has 0 spiro atoms. The summed E-state index contributed by atoms with van der Waals surface area (Å²) in [5.74, 6) is 1.28. The third-order valence-electron chi connectivity index (χ3n) is 4.80. The maximum atomic E-state index is 12.3. The van der Waals surface area contributed by atoms with Crippen LogP contribution < -0.4 is 10.6 Å². The summed E-state index contributed by atoms with van der Waals surface area (Å²) < 4.78 is 5.31. The van der Waals surface area contributed by atoms with Gasteiger partial charge in [-0.2, -0.15) is 0 Å². The summed E-state index contributed by atoms with van der Waals surface area (Å²) in [7, 11) is 0. The second-order valence-corrected chi connectivity index (χ2v) is 7.13. The Morgan fingerprint density at radius 3 is 2.62 bits per heavy atom. The number of carbonyl (C=O) groups excluding carboxylic acids is 1. The van der Waals surface area contributed by atoms with Crippen molar-refractivity contribution >= 4 is 23.1 Å². The quantitative estimate of drug-likeness (QED) is 0.823. The van der Waals surface area contributed by atoms with E-state index in [0.717, 1.165) is 30.0 Å². The summed E-state index contributed by atoms with van der Waals surface area (Å²) in [5, 5.41) is 6.38. The number of para-hydroxylation sites is 1. The maximum absolute atomic E-state index is 12.3. The lowest BCUT2D eigenvalue weighted by atomic mass is 9.98. The largest absolute Gasteiger partial charge is 0.381 e. The minimum absolute atomic E-state index is 0.0297. The zero-order valence-electron chi connectivity index (χ0n) is 15.7. The summed E-state index contributed by atoms with van der Waals surface area (Å²) in [6.45, 7) is 7.78. The SMILES string of the molecule is Cc1cccc(C(C)C)c1Nc1ccc(NC(=O)C2CCOCC2)cn1. The molecule has 2 heterocycles. The van der Waals surface area contributed by atoms with E-state index >= 15 is 0 Å². The fraction of sp³-hybridized carbons (Fsp3) is 0.429. The van der Waals surface area contributed by atoms with Crippen LogP contribution in [0, 0.1) is 12.8 Å². The highest BCUT2D eigenvalue weighted by molar-refractivity contribution is 5.92. The molecule has 1 aromatic carbocycles. The molecule has 5 nitrogen and oxygen atoms in total. The number of anilines is 3. The highest BCUT2D eigenvalue weighted by Crippen LogP contribution is 2.30. The summed E-state index contributed by atoms with van der Waals surface area (Å²) in [5.41, 5.74) is 4.29. The van der Waals surface area contributed by atoms with Crippen molar-refractivity contribution in [1.82, 2.24) is 4.98 Å². The van der Waals surface area contributed by atoms with Gasteiger partial charge in [-0.3, -0.25) is 4.79 Å². The highest BCUT2D eigenvalue weighted by atomic mass is 16.5. The van der Waals surface area contributed by atoms with Gasteiger partial charge in [0, 0.05) is 24.8 Å². The average Bonchev–Trinajstić information content (AvgIpc) is 2.65. The minimum atomic E-state index is 0.0297. The first kappa shape index (κ1) is 18.4. The smallest absolute Gasteiger partial charge is 0.227 e. The molecule has 1 fully saturated rings. The van der Waals surface area contributed by atoms with Gasteiger partial charge in [-0.15, -0.1) is 0 Å². The monoisotopic (exact) mass is 353 g/mol. The van der Waals surface area contributed by atoms with Gasteiger partial charge >= 0.3 is 0 Å². The molecule has 138 valence electrons. The average molecular weight is 353 g/mol. The molecule has 26 heavy (non-hydrogen) atoms. The summed E-state index contributed by atoms with van der Waals surface area (Å²) >= 11 is 0. The number of ether oxygens (including phenoxy) is 1. The lowest BCUT2D eigenvalue weighted by molar-refractivity contribution is -0.122. The topological polar surface area (TPSA) is 63.2 Å². The highest BCUT2D eigenvalue weighted by Gasteiger charge is 2.21. The first-order chi connectivity index (χ1) is 12.5. The third kappa shape index (κ3) is 4.41. The van der Waals surface area contributed by atoms with Crippen molar-refractivity contribution in [2.45, 2.75) is 39.5 Å². The van der Waals surface area contributed by atoms with Crippen LogP contribution in [-0.4, -0.2) is 24.1 Å². The molecule has 1 aromatic heterocycles. The number of nitrogens with zero attached hydrogens (tertiary/aromatic N) is 1. The number of amides is 1. The molecule has 1 aliphatic rings. The maximum Gasteiger partial charge on any atom is 0.227 e. The van der Waals surface area contributed by atoms with Crippen molar-refractivity contribution in [2.75, 3.05) is 23.8 Å². The molecule has 2 aromatic rings. The molecular weight excluding hydrogens is 326 g/mol. The Kier molecular flexibility index (Phi) is 5.89. The van der Waals surface area contributed by atoms with Crippen molar-refractivity contribution in [2.24, 2.45) is 5.92 Å². The second-order valence-electron chi connectivity index (χ2n) is 7.13. The van der Waals surface area contributed by atoms with Crippen LogP contribution in [0.1, 0.15) is 43.7 Å². The van der Waals surface area contributed by atoms with Crippen molar-refractivity contribution in [3.8, 4) is 0 Å². The van der Waals surface area contributed by atoms with Crippen molar-refractivity contribution in [3.05, 3.63) is 47.7 Å². The fourth-order valence-corrected chi connectivity index (χ4v) is 3.22. The molecule has 3 rings (SSSR count). The van der Waals surface area contributed by atoms with Gasteiger partial charge in [0.05, 0.1) is 11.9 Å². The number of aromatic nitrogens is 1. The Hall–Kier alpha value is -2.40. The van der Waals surface area contributed by atoms with E-state index in [9.17, 15) is 4.79 Å². The van der Waals surface area contributed by atoms with E-state index in [4.69, 9.17) is 4.74 Å². The molecule has 1 aliphatic heterocycles. The van der Waals surface area contributed by atoms with Crippen LogP contribution in [0.4, 0.5) is 17.2 Å². The van der Waals surface area contributed by atoms with E-state index in [1.54, 1.807) is 6.20 Å². The minimum Gasteiger partial charge on any atom is -0.381 e. The van der Waals surface area contributed by atoms with Crippen molar-refractivity contribution < 1.29 is 9.53 Å². The van der Waals surface area contributed by atoms with Gasteiger partial charge in [-0.1, -0.05) is 32.0 Å². The van der Waals surface area contributed by atoms with Crippen molar-refractivity contribution in [3.63, 3.8) is 0 Å². The van der Waals surface area contributed by atoms with E-state index in [-0.39, 0.29) is 11.8 Å². The van der Waals surface area contributed by atoms with E-state index in [0.29, 0.717) is 19.1 Å². The van der Waals surface area contributed by atoms with E-state index in [1.807, 2.05) is 12.1 Å². The molecule has 1 saturated heterocycles. The first-order valence-corrected chi connectivity index (χ1v) is 9.26. The number of nitrogens with one attached hydrogen (secondary N) is 2. The van der Waals surface area contributed by atoms with Gasteiger partial charge in [0.2, 0.25) is 5.91 Å². The zero-order valence-corrected chi connectivity index (χ0v) is 15.7. The molecule has 0 saturated carbocycles. The van der Waals surface area contributed by atoms with Crippen LogP contribution in [0.15, 0.2) is 36.5 Å². The van der Waals surface area contributed by atoms with Crippen LogP contribution in [0.2, 0.25) is 0 Å². The van der Waals surface area contributed by atoms with Gasteiger partial charge in [-0.05, 0) is 48.9 Å². The molecule has 2 N–H and O–H groups in total. The van der Waals surface area contributed by atoms with Gasteiger partial charge in [0.25, 0.3) is 0 Å². The normalized spacial score (nSPS) is 15.1. The molecular formula is C21H27N3O2. The van der Waals surface area contributed by atoms with Crippen LogP contribution in [0.25, 0.3) is 0 Å². The van der Waals surface area contributed by atoms with Gasteiger partial charge in [0.1, 0.15) is 5.82 Å². The standard InChI is InChI=1S/C21H27N3O2/c1-14(2)18-6-4-5-15(3)20(18)24-19-8-7-17(13-22-19)23-21(25)16-9-11-26-12-10-16/h4-8,13-14,16H,9-12H2,1-3H3,(H,22,24)(H,23,25). The first-order valence-electron chi connectivity index (χ1n) is 9.26. The van der Waals surface area contributed by atoms with Gasteiger partial charge in [-0.25, -0.2) is 4.98 Å². The Balaban J connectivity index is 1.68. The molecule has 0 atom stereocenters. The third-order valence-corrected chi connectivity index (χ3v) is 4.80. The number of benzene rings is 1. The molecule has 0 bridgehead atoms. The summed E-state index contributed by atoms with van der Waals surface area (Å²) in [4.78, 5) is 16.8. The number of hydrogen-bond acceptors (Lipinski definition) is 4. The van der Waals surface area contributed by atoms with Crippen LogP contribution in [0.5, 0.6) is 0 Å². The predicted molar refractivity (Wildman–Crippen MR) is 105 cm³/mol. The van der Waals surface area contributed by atoms with Crippen molar-refractivity contribution in [1.29, 1.82) is 0 Å². The number of carbonyl (C=O) groups is 1. The lowest BCUT2D eigenvalue weighted by Gasteiger charge is -2.21. The van der Waals surface area contributed by atoms with Gasteiger partial charge in [0.15, 0.2) is 0 Å². The molecule has 0 radical (unpaired) electrons. The molecule has 0 aliphatic carbocycles. The molecule has 5 heteroatoms. The predicted octanol–water partition coefficient (Wildman–Crippen LogP) is 4.62. The fourth-order valence-electron chi connectivity index (χ4n) is 3.22. The molecule has 0 unspecified atom stereocenters. The van der Waals surface area contributed by atoms with E-state index in [1.165, 1.54) is 11.1 Å². The van der Waals surface area contributed by atoms with E-state index < -0.39 is 0 Å². The molecule has 1 amide bonds. The summed E-state index contributed by atoms with van der Waals surface area (Å²) in [6, 6.07) is 10.1.